The molecule has 2 aromatic carbocycles. The molecule has 32 heavy (non-hydrogen) atoms. The maximum Gasteiger partial charge on any atom is 0.344 e. The Morgan fingerprint density at radius 2 is 1.97 bits per heavy atom. The van der Waals surface area contributed by atoms with Crippen molar-refractivity contribution in [3.63, 3.8) is 0 Å². The van der Waals surface area contributed by atoms with Gasteiger partial charge in [0.1, 0.15) is 37.4 Å². The zero-order valence-corrected chi connectivity index (χ0v) is 17.8. The third kappa shape index (κ3) is 4.46. The lowest BCUT2D eigenvalue weighted by molar-refractivity contribution is -0.144. The number of rotatable bonds is 8. The van der Waals surface area contributed by atoms with Crippen LogP contribution in [0.1, 0.15) is 18.9 Å². The van der Waals surface area contributed by atoms with Gasteiger partial charge in [-0.15, -0.1) is 0 Å². The minimum Gasteiger partial charge on any atom is -0.486 e. The van der Waals surface area contributed by atoms with Crippen LogP contribution in [-0.4, -0.2) is 32.4 Å². The summed E-state index contributed by atoms with van der Waals surface area (Å²) in [5, 5.41) is 0.447. The van der Waals surface area contributed by atoms with Crippen LogP contribution >= 0.6 is 0 Å². The Balaban J connectivity index is 1.69. The standard InChI is InChI=1S/C25H24O7/c1-3-5-17-11-18-22(13-21(17)32-15-24(26)30-8-4-2)31-14-19(25(18)27)16-6-7-20-23(12-16)29-10-9-28-20/h4,6-7,11-14H,2-3,5,8-10,15H2,1H3. The van der Waals surface area contributed by atoms with Gasteiger partial charge in [-0.1, -0.05) is 32.1 Å². The molecule has 1 aliphatic rings. The van der Waals surface area contributed by atoms with Crippen LogP contribution in [0.5, 0.6) is 17.2 Å². The summed E-state index contributed by atoms with van der Waals surface area (Å²) < 4.78 is 27.6. The normalized spacial score (nSPS) is 12.4. The Kier molecular flexibility index (Phi) is 6.44. The molecule has 0 saturated carbocycles. The first-order valence-corrected chi connectivity index (χ1v) is 10.5. The van der Waals surface area contributed by atoms with E-state index in [2.05, 4.69) is 6.58 Å². The van der Waals surface area contributed by atoms with E-state index in [9.17, 15) is 9.59 Å². The molecule has 7 heteroatoms. The van der Waals surface area contributed by atoms with E-state index in [1.165, 1.54) is 12.3 Å². The minimum atomic E-state index is -0.497. The van der Waals surface area contributed by atoms with Crippen LogP contribution in [-0.2, 0) is 16.0 Å². The van der Waals surface area contributed by atoms with Gasteiger partial charge in [0, 0.05) is 6.07 Å². The van der Waals surface area contributed by atoms with Crippen LogP contribution in [0.25, 0.3) is 22.1 Å². The molecule has 0 N–H and O–H groups in total. The predicted molar refractivity (Wildman–Crippen MR) is 120 cm³/mol. The lowest BCUT2D eigenvalue weighted by atomic mass is 10.0. The van der Waals surface area contributed by atoms with E-state index in [1.54, 1.807) is 24.3 Å². The van der Waals surface area contributed by atoms with Gasteiger partial charge in [0.2, 0.25) is 5.43 Å². The minimum absolute atomic E-state index is 0.124. The Bertz CT molecular complexity index is 1210. The highest BCUT2D eigenvalue weighted by Gasteiger charge is 2.17. The second-order valence-electron chi connectivity index (χ2n) is 7.30. The SMILES string of the molecule is C=CCOC(=O)COc1cc2occ(-c3ccc4c(c3)OCCO4)c(=O)c2cc1CCC. The summed E-state index contributed by atoms with van der Waals surface area (Å²) in [5.41, 5.74) is 2.16. The van der Waals surface area contributed by atoms with Gasteiger partial charge in [-0.3, -0.25) is 4.79 Å². The molecule has 0 unspecified atom stereocenters. The van der Waals surface area contributed by atoms with Crippen molar-refractivity contribution in [2.24, 2.45) is 0 Å². The summed E-state index contributed by atoms with van der Waals surface area (Å²) in [7, 11) is 0. The van der Waals surface area contributed by atoms with Crippen molar-refractivity contribution < 1.29 is 28.2 Å². The number of benzene rings is 2. The van der Waals surface area contributed by atoms with Crippen molar-refractivity contribution in [3.05, 3.63) is 65.0 Å². The fraction of sp³-hybridized carbons (Fsp3) is 0.280. The molecule has 2 heterocycles. The zero-order valence-electron chi connectivity index (χ0n) is 17.8. The van der Waals surface area contributed by atoms with E-state index in [-0.39, 0.29) is 18.6 Å². The Labute approximate surface area is 185 Å². The van der Waals surface area contributed by atoms with Crippen molar-refractivity contribution >= 4 is 16.9 Å². The zero-order chi connectivity index (χ0) is 22.5. The first-order chi connectivity index (χ1) is 15.6. The maximum absolute atomic E-state index is 13.3. The van der Waals surface area contributed by atoms with Crippen LogP contribution < -0.4 is 19.6 Å². The molecular formula is C25H24O7. The number of carbonyl (C=O) groups is 1. The number of hydrogen-bond acceptors (Lipinski definition) is 7. The van der Waals surface area contributed by atoms with Crippen molar-refractivity contribution in [1.82, 2.24) is 0 Å². The van der Waals surface area contributed by atoms with E-state index < -0.39 is 5.97 Å². The highest BCUT2D eigenvalue weighted by Crippen LogP contribution is 2.34. The predicted octanol–water partition coefficient (Wildman–Crippen LogP) is 4.29. The number of esters is 1. The second-order valence-corrected chi connectivity index (χ2v) is 7.30. The van der Waals surface area contributed by atoms with E-state index in [0.29, 0.717) is 59.0 Å². The van der Waals surface area contributed by atoms with Crippen LogP contribution in [0.3, 0.4) is 0 Å². The van der Waals surface area contributed by atoms with Crippen LogP contribution in [0.4, 0.5) is 0 Å². The van der Waals surface area contributed by atoms with Gasteiger partial charge >= 0.3 is 5.97 Å². The highest BCUT2D eigenvalue weighted by atomic mass is 16.6. The van der Waals surface area contributed by atoms with Crippen molar-refractivity contribution in [1.29, 1.82) is 0 Å². The third-order valence-electron chi connectivity index (χ3n) is 5.04. The lowest BCUT2D eigenvalue weighted by Gasteiger charge is -2.18. The molecule has 7 nitrogen and oxygen atoms in total. The smallest absolute Gasteiger partial charge is 0.344 e. The van der Waals surface area contributed by atoms with Gasteiger partial charge in [-0.2, -0.15) is 0 Å². The van der Waals surface area contributed by atoms with Gasteiger partial charge in [0.05, 0.1) is 10.9 Å². The average Bonchev–Trinajstić information content (AvgIpc) is 2.82. The number of aryl methyl sites for hydroxylation is 1. The van der Waals surface area contributed by atoms with Crippen LogP contribution in [0.2, 0.25) is 0 Å². The topological polar surface area (TPSA) is 84.2 Å². The number of fused-ring (bicyclic) bond motifs is 2. The quantitative estimate of drug-likeness (QED) is 0.385. The summed E-state index contributed by atoms with van der Waals surface area (Å²) in [6, 6.07) is 8.81. The Hall–Kier alpha value is -3.74. The Morgan fingerprint density at radius 1 is 1.16 bits per heavy atom. The summed E-state index contributed by atoms with van der Waals surface area (Å²) in [6.45, 7) is 6.39. The summed E-state index contributed by atoms with van der Waals surface area (Å²) in [4.78, 5) is 25.1. The van der Waals surface area contributed by atoms with E-state index >= 15 is 0 Å². The molecule has 166 valence electrons. The third-order valence-corrected chi connectivity index (χ3v) is 5.04. The van der Waals surface area contributed by atoms with Gasteiger partial charge < -0.3 is 23.4 Å². The fourth-order valence-corrected chi connectivity index (χ4v) is 3.54. The summed E-state index contributed by atoms with van der Waals surface area (Å²) in [5.74, 6) is 1.25. The number of carbonyl (C=O) groups excluding carboxylic acids is 1. The molecule has 0 spiro atoms. The second kappa shape index (κ2) is 9.60. The van der Waals surface area contributed by atoms with E-state index in [0.717, 1.165) is 12.0 Å². The largest absolute Gasteiger partial charge is 0.486 e. The molecule has 0 atom stereocenters. The molecule has 1 aliphatic heterocycles. The van der Waals surface area contributed by atoms with E-state index in [4.69, 9.17) is 23.4 Å². The lowest BCUT2D eigenvalue weighted by Crippen LogP contribution is -2.16. The molecule has 0 aliphatic carbocycles. The molecule has 0 saturated heterocycles. The fourth-order valence-electron chi connectivity index (χ4n) is 3.54. The highest BCUT2D eigenvalue weighted by molar-refractivity contribution is 5.84. The monoisotopic (exact) mass is 436 g/mol. The molecule has 0 fully saturated rings. The molecule has 0 bridgehead atoms. The van der Waals surface area contributed by atoms with Gasteiger partial charge in [-0.25, -0.2) is 4.79 Å². The van der Waals surface area contributed by atoms with Gasteiger partial charge in [0.15, 0.2) is 18.1 Å². The Morgan fingerprint density at radius 3 is 2.75 bits per heavy atom. The molecule has 1 aromatic heterocycles. The first kappa shape index (κ1) is 21.5. The summed E-state index contributed by atoms with van der Waals surface area (Å²) >= 11 is 0. The maximum atomic E-state index is 13.3. The molecule has 0 amide bonds. The van der Waals surface area contributed by atoms with Crippen LogP contribution in [0.15, 0.2) is 58.5 Å². The number of hydrogen-bond donors (Lipinski definition) is 0. The molecule has 4 rings (SSSR count). The average molecular weight is 436 g/mol. The van der Waals surface area contributed by atoms with Crippen molar-refractivity contribution in [2.75, 3.05) is 26.4 Å². The van der Waals surface area contributed by atoms with Crippen LogP contribution in [0, 0.1) is 0 Å². The van der Waals surface area contributed by atoms with E-state index in [1.807, 2.05) is 13.0 Å². The molecule has 0 radical (unpaired) electrons. The summed E-state index contributed by atoms with van der Waals surface area (Å²) in [6.07, 6.45) is 4.44. The molecular weight excluding hydrogens is 412 g/mol. The first-order valence-electron chi connectivity index (χ1n) is 10.5. The molecule has 3 aromatic rings. The van der Waals surface area contributed by atoms with Gasteiger partial charge in [-0.05, 0) is 35.7 Å². The van der Waals surface area contributed by atoms with Gasteiger partial charge in [0.25, 0.3) is 0 Å². The van der Waals surface area contributed by atoms with Crippen molar-refractivity contribution in [2.45, 2.75) is 19.8 Å². The number of ether oxygens (including phenoxy) is 4. The van der Waals surface area contributed by atoms with Crippen molar-refractivity contribution in [3.8, 4) is 28.4 Å².